The third kappa shape index (κ3) is 2.96. The highest BCUT2D eigenvalue weighted by Gasteiger charge is 2.25. The van der Waals surface area contributed by atoms with E-state index in [4.69, 9.17) is 5.26 Å². The van der Waals surface area contributed by atoms with Gasteiger partial charge in [-0.15, -0.1) is 0 Å². The summed E-state index contributed by atoms with van der Waals surface area (Å²) in [6, 6.07) is 6.55. The van der Waals surface area contributed by atoms with Gasteiger partial charge in [-0.05, 0) is 49.4 Å². The number of hydrogen-bond donors (Lipinski definition) is 0. The Morgan fingerprint density at radius 2 is 1.95 bits per heavy atom. The van der Waals surface area contributed by atoms with Crippen molar-refractivity contribution in [3.63, 3.8) is 0 Å². The van der Waals surface area contributed by atoms with Crippen molar-refractivity contribution in [2.24, 2.45) is 5.92 Å². The van der Waals surface area contributed by atoms with Crippen molar-refractivity contribution in [3.8, 4) is 6.07 Å². The number of rotatable bonds is 2. The molecule has 2 rings (SSSR count). The molecule has 19 heavy (non-hydrogen) atoms. The lowest BCUT2D eigenvalue weighted by Crippen LogP contribution is -2.38. The zero-order valence-corrected chi connectivity index (χ0v) is 11.9. The number of nitrogens with zero attached hydrogens (tertiary/aromatic N) is 2. The van der Waals surface area contributed by atoms with Crippen LogP contribution in [0.15, 0.2) is 12.1 Å². The number of nitriles is 1. The Morgan fingerprint density at radius 1 is 1.26 bits per heavy atom. The van der Waals surface area contributed by atoms with Crippen LogP contribution in [0.5, 0.6) is 0 Å². The number of carbonyl (C=O) groups is 1. The van der Waals surface area contributed by atoms with Gasteiger partial charge in [0.1, 0.15) is 0 Å². The van der Waals surface area contributed by atoms with Crippen molar-refractivity contribution >= 4 is 5.91 Å². The first-order chi connectivity index (χ1) is 9.01. The minimum absolute atomic E-state index is 0.0930. The fraction of sp³-hybridized carbons (Fsp3) is 0.500. The number of hydrogen-bond acceptors (Lipinski definition) is 2. The third-order valence-corrected chi connectivity index (χ3v) is 4.02. The predicted octanol–water partition coefficient (Wildman–Crippen LogP) is 2.87. The summed E-state index contributed by atoms with van der Waals surface area (Å²) in [6.45, 7) is 7.67. The van der Waals surface area contributed by atoms with E-state index in [0.717, 1.165) is 6.42 Å². The van der Waals surface area contributed by atoms with Crippen molar-refractivity contribution in [2.45, 2.75) is 40.2 Å². The Balaban J connectivity index is 2.12. The maximum absolute atomic E-state index is 12.0. The van der Waals surface area contributed by atoms with E-state index in [1.807, 2.05) is 4.90 Å². The highest BCUT2D eigenvalue weighted by Crippen LogP contribution is 2.22. The van der Waals surface area contributed by atoms with Gasteiger partial charge in [0.15, 0.2) is 0 Å². The van der Waals surface area contributed by atoms with Crippen molar-refractivity contribution in [1.29, 1.82) is 5.26 Å². The summed E-state index contributed by atoms with van der Waals surface area (Å²) in [5, 5.41) is 8.88. The number of benzene rings is 1. The van der Waals surface area contributed by atoms with E-state index in [1.165, 1.54) is 22.3 Å². The molecule has 1 unspecified atom stereocenters. The molecule has 1 saturated heterocycles. The number of carbonyl (C=O) groups excluding carboxylic acids is 1. The standard InChI is InChI=1S/C16H20N2O/c1-11-6-13(3)15(7-12(11)2)10-18-5-4-14(9-17)8-16(18)19/h6-7,14H,4-5,8,10H2,1-3H3. The smallest absolute Gasteiger partial charge is 0.224 e. The molecule has 0 spiro atoms. The van der Waals surface area contributed by atoms with E-state index in [-0.39, 0.29) is 11.8 Å². The summed E-state index contributed by atoms with van der Waals surface area (Å²) in [7, 11) is 0. The molecule has 3 nitrogen and oxygen atoms in total. The molecule has 0 aromatic heterocycles. The van der Waals surface area contributed by atoms with Gasteiger partial charge in [-0.25, -0.2) is 0 Å². The van der Waals surface area contributed by atoms with Crippen LogP contribution in [-0.2, 0) is 11.3 Å². The molecule has 3 heteroatoms. The average Bonchev–Trinajstić information content (AvgIpc) is 2.38. The molecule has 0 saturated carbocycles. The fourth-order valence-electron chi connectivity index (χ4n) is 2.55. The molecule has 1 aromatic carbocycles. The first-order valence-corrected chi connectivity index (χ1v) is 6.75. The van der Waals surface area contributed by atoms with Gasteiger partial charge >= 0.3 is 0 Å². The minimum Gasteiger partial charge on any atom is -0.338 e. The predicted molar refractivity (Wildman–Crippen MR) is 74.4 cm³/mol. The average molecular weight is 256 g/mol. The van der Waals surface area contributed by atoms with E-state index in [1.54, 1.807) is 0 Å². The maximum Gasteiger partial charge on any atom is 0.224 e. The first-order valence-electron chi connectivity index (χ1n) is 6.75. The topological polar surface area (TPSA) is 44.1 Å². The molecule has 1 aliphatic heterocycles. The fourth-order valence-corrected chi connectivity index (χ4v) is 2.55. The molecule has 1 amide bonds. The van der Waals surface area contributed by atoms with Gasteiger partial charge in [-0.3, -0.25) is 4.79 Å². The number of aryl methyl sites for hydroxylation is 3. The molecule has 1 aromatic rings. The van der Waals surface area contributed by atoms with E-state index in [2.05, 4.69) is 39.0 Å². The number of likely N-dealkylation sites (tertiary alicyclic amines) is 1. The van der Waals surface area contributed by atoms with Crippen LogP contribution in [0.3, 0.4) is 0 Å². The van der Waals surface area contributed by atoms with Gasteiger partial charge in [0, 0.05) is 19.5 Å². The van der Waals surface area contributed by atoms with Crippen LogP contribution >= 0.6 is 0 Å². The van der Waals surface area contributed by atoms with Crippen molar-refractivity contribution in [1.82, 2.24) is 4.90 Å². The molecular weight excluding hydrogens is 236 g/mol. The molecular formula is C16H20N2O. The second-order valence-electron chi connectivity index (χ2n) is 5.50. The second kappa shape index (κ2) is 5.44. The van der Waals surface area contributed by atoms with Gasteiger partial charge in [0.05, 0.1) is 12.0 Å². The van der Waals surface area contributed by atoms with E-state index < -0.39 is 0 Å². The van der Waals surface area contributed by atoms with E-state index in [9.17, 15) is 4.79 Å². The van der Waals surface area contributed by atoms with E-state index in [0.29, 0.717) is 19.5 Å². The van der Waals surface area contributed by atoms with Crippen LogP contribution in [0.4, 0.5) is 0 Å². The largest absolute Gasteiger partial charge is 0.338 e. The highest BCUT2D eigenvalue weighted by atomic mass is 16.2. The SMILES string of the molecule is Cc1cc(C)c(CN2CCC(C#N)CC2=O)cc1C. The molecule has 1 fully saturated rings. The molecule has 1 heterocycles. The first kappa shape index (κ1) is 13.6. The zero-order chi connectivity index (χ0) is 14.0. The number of amides is 1. The summed E-state index contributed by atoms with van der Waals surface area (Å²) in [6.07, 6.45) is 1.17. The van der Waals surface area contributed by atoms with Crippen molar-refractivity contribution < 1.29 is 4.79 Å². The Kier molecular flexibility index (Phi) is 3.90. The lowest BCUT2D eigenvalue weighted by molar-refractivity contribution is -0.134. The van der Waals surface area contributed by atoms with Gasteiger partial charge in [-0.1, -0.05) is 12.1 Å². The van der Waals surface area contributed by atoms with Crippen molar-refractivity contribution in [2.75, 3.05) is 6.54 Å². The second-order valence-corrected chi connectivity index (χ2v) is 5.50. The quantitative estimate of drug-likeness (QED) is 0.816. The Bertz CT molecular complexity index is 542. The molecule has 0 aliphatic carbocycles. The zero-order valence-electron chi connectivity index (χ0n) is 11.9. The molecule has 100 valence electrons. The highest BCUT2D eigenvalue weighted by molar-refractivity contribution is 5.77. The molecule has 0 radical (unpaired) electrons. The van der Waals surface area contributed by atoms with Crippen LogP contribution in [-0.4, -0.2) is 17.4 Å². The molecule has 1 aliphatic rings. The van der Waals surface area contributed by atoms with Gasteiger partial charge in [0.2, 0.25) is 5.91 Å². The van der Waals surface area contributed by atoms with Crippen LogP contribution < -0.4 is 0 Å². The lowest BCUT2D eigenvalue weighted by atomic mass is 9.96. The van der Waals surface area contributed by atoms with Crippen LogP contribution in [0.1, 0.15) is 35.1 Å². The minimum atomic E-state index is -0.0930. The van der Waals surface area contributed by atoms with Crippen LogP contribution in [0.2, 0.25) is 0 Å². The monoisotopic (exact) mass is 256 g/mol. The van der Waals surface area contributed by atoms with E-state index >= 15 is 0 Å². The Labute approximate surface area is 114 Å². The lowest BCUT2D eigenvalue weighted by Gasteiger charge is -2.29. The molecule has 0 N–H and O–H groups in total. The normalized spacial score (nSPS) is 19.4. The molecule has 0 bridgehead atoms. The van der Waals surface area contributed by atoms with Crippen LogP contribution in [0, 0.1) is 38.0 Å². The Hall–Kier alpha value is -1.82. The van der Waals surface area contributed by atoms with Crippen LogP contribution in [0.25, 0.3) is 0 Å². The summed E-state index contributed by atoms with van der Waals surface area (Å²) in [5.41, 5.74) is 5.00. The summed E-state index contributed by atoms with van der Waals surface area (Å²) >= 11 is 0. The summed E-state index contributed by atoms with van der Waals surface area (Å²) in [4.78, 5) is 13.9. The number of piperidine rings is 1. The Morgan fingerprint density at radius 3 is 2.58 bits per heavy atom. The van der Waals surface area contributed by atoms with Crippen molar-refractivity contribution in [3.05, 3.63) is 34.4 Å². The summed E-state index contributed by atoms with van der Waals surface area (Å²) < 4.78 is 0. The van der Waals surface area contributed by atoms with Gasteiger partial charge in [0.25, 0.3) is 0 Å². The molecule has 1 atom stereocenters. The third-order valence-electron chi connectivity index (χ3n) is 4.02. The van der Waals surface area contributed by atoms with Gasteiger partial charge < -0.3 is 4.90 Å². The van der Waals surface area contributed by atoms with Gasteiger partial charge in [-0.2, -0.15) is 5.26 Å². The maximum atomic E-state index is 12.0. The summed E-state index contributed by atoms with van der Waals surface area (Å²) in [5.74, 6) is 0.0139.